The molecule has 6 aromatic heterocycles. The monoisotopic (exact) mass is 475 g/mol. The highest BCUT2D eigenvalue weighted by Gasteiger charge is 2.17. The first kappa shape index (κ1) is 21.5. The van der Waals surface area contributed by atoms with E-state index in [9.17, 15) is 4.79 Å². The number of aromatic nitrogens is 8. The molecule has 0 aliphatic carbocycles. The van der Waals surface area contributed by atoms with Crippen LogP contribution in [0.4, 0.5) is 5.69 Å². The average Bonchev–Trinajstić information content (AvgIpc) is 3.53. The second-order valence-electron chi connectivity index (χ2n) is 8.31. The van der Waals surface area contributed by atoms with E-state index < -0.39 is 0 Å². The Morgan fingerprint density at radius 1 is 1.00 bits per heavy atom. The molecule has 0 fully saturated rings. The van der Waals surface area contributed by atoms with Crippen molar-refractivity contribution in [1.82, 2.24) is 40.1 Å². The van der Waals surface area contributed by atoms with E-state index in [4.69, 9.17) is 4.98 Å². The zero-order chi connectivity index (χ0) is 24.5. The molecule has 10 heteroatoms. The molecular weight excluding hydrogens is 454 g/mol. The number of imidazole rings is 1. The fourth-order valence-electron chi connectivity index (χ4n) is 4.11. The summed E-state index contributed by atoms with van der Waals surface area (Å²) in [6.07, 6.45) is 9.86. The van der Waals surface area contributed by atoms with Gasteiger partial charge in [-0.1, -0.05) is 13.0 Å². The molecule has 1 amide bonds. The smallest absolute Gasteiger partial charge is 0.224 e. The molecule has 6 aromatic rings. The Morgan fingerprint density at radius 3 is 2.78 bits per heavy atom. The maximum atomic E-state index is 12.0. The van der Waals surface area contributed by atoms with Crippen LogP contribution in [0.25, 0.3) is 56.1 Å². The molecular formula is C26H21N9O. The van der Waals surface area contributed by atoms with Crippen molar-refractivity contribution in [2.24, 2.45) is 0 Å². The molecule has 0 spiro atoms. The number of pyridine rings is 4. The van der Waals surface area contributed by atoms with Gasteiger partial charge >= 0.3 is 0 Å². The lowest BCUT2D eigenvalue weighted by molar-refractivity contribution is -0.116. The van der Waals surface area contributed by atoms with Gasteiger partial charge in [0.05, 0.1) is 28.6 Å². The Hall–Kier alpha value is -4.99. The maximum Gasteiger partial charge on any atom is 0.224 e. The number of hydrogen-bond acceptors (Lipinski definition) is 7. The van der Waals surface area contributed by atoms with Gasteiger partial charge in [-0.2, -0.15) is 5.10 Å². The van der Waals surface area contributed by atoms with Gasteiger partial charge < -0.3 is 10.3 Å². The van der Waals surface area contributed by atoms with Crippen molar-refractivity contribution < 1.29 is 4.79 Å². The van der Waals surface area contributed by atoms with Crippen LogP contribution in [0.15, 0.2) is 67.4 Å². The van der Waals surface area contributed by atoms with Crippen molar-refractivity contribution in [1.29, 1.82) is 0 Å². The molecule has 0 radical (unpaired) electrons. The van der Waals surface area contributed by atoms with Crippen LogP contribution in [0.5, 0.6) is 0 Å². The summed E-state index contributed by atoms with van der Waals surface area (Å²) in [4.78, 5) is 37.9. The Kier molecular flexibility index (Phi) is 5.38. The Morgan fingerprint density at radius 2 is 1.92 bits per heavy atom. The van der Waals surface area contributed by atoms with Gasteiger partial charge in [0.25, 0.3) is 0 Å². The molecule has 0 aliphatic heterocycles. The van der Waals surface area contributed by atoms with Gasteiger partial charge in [-0.25, -0.2) is 15.0 Å². The van der Waals surface area contributed by atoms with Crippen LogP contribution < -0.4 is 5.32 Å². The molecule has 176 valence electrons. The van der Waals surface area contributed by atoms with Crippen LogP contribution in [0.1, 0.15) is 19.8 Å². The summed E-state index contributed by atoms with van der Waals surface area (Å²) in [5.41, 5.74) is 7.43. The molecule has 0 saturated carbocycles. The Labute approximate surface area is 205 Å². The highest BCUT2D eigenvalue weighted by Crippen LogP contribution is 2.31. The van der Waals surface area contributed by atoms with Gasteiger partial charge in [-0.15, -0.1) is 0 Å². The molecule has 10 nitrogen and oxygen atoms in total. The second kappa shape index (κ2) is 8.99. The molecule has 0 aromatic carbocycles. The van der Waals surface area contributed by atoms with Crippen molar-refractivity contribution in [3.63, 3.8) is 0 Å². The van der Waals surface area contributed by atoms with Gasteiger partial charge in [0.1, 0.15) is 5.52 Å². The summed E-state index contributed by atoms with van der Waals surface area (Å²) >= 11 is 0. The highest BCUT2D eigenvalue weighted by atomic mass is 16.1. The summed E-state index contributed by atoms with van der Waals surface area (Å²) in [6, 6.07) is 11.5. The standard InChI is InChI=1S/C26H21N9O/c1-2-4-21(36)30-17-11-16(13-28-14-17)19-6-7-20-23(31-19)24(35-34-20)26-32-22-18(8-10-29-25(22)33-26)15-5-3-9-27-12-15/h3,5-14H,2,4H2,1H3,(H,30,36)(H,34,35)(H,29,32,33). The predicted molar refractivity (Wildman–Crippen MR) is 137 cm³/mol. The number of hydrogen-bond donors (Lipinski definition) is 3. The summed E-state index contributed by atoms with van der Waals surface area (Å²) in [7, 11) is 0. The third-order valence-corrected chi connectivity index (χ3v) is 5.79. The third-order valence-electron chi connectivity index (χ3n) is 5.79. The van der Waals surface area contributed by atoms with E-state index in [0.717, 1.165) is 34.1 Å². The summed E-state index contributed by atoms with van der Waals surface area (Å²) < 4.78 is 0. The van der Waals surface area contributed by atoms with E-state index in [-0.39, 0.29) is 5.91 Å². The number of nitrogens with zero attached hydrogens (tertiary/aromatic N) is 6. The molecule has 0 unspecified atom stereocenters. The number of H-pyrrole nitrogens is 2. The molecule has 0 saturated heterocycles. The minimum atomic E-state index is -0.0406. The maximum absolute atomic E-state index is 12.0. The van der Waals surface area contributed by atoms with E-state index in [2.05, 4.69) is 40.4 Å². The normalized spacial score (nSPS) is 11.2. The third kappa shape index (κ3) is 3.94. The number of carbonyl (C=O) groups is 1. The molecule has 36 heavy (non-hydrogen) atoms. The molecule has 0 bridgehead atoms. The number of fused-ring (bicyclic) bond motifs is 2. The lowest BCUT2D eigenvalue weighted by Crippen LogP contribution is -2.10. The van der Waals surface area contributed by atoms with E-state index >= 15 is 0 Å². The van der Waals surface area contributed by atoms with Gasteiger partial charge in [0, 0.05) is 47.9 Å². The van der Waals surface area contributed by atoms with Gasteiger partial charge in [0.15, 0.2) is 17.2 Å². The highest BCUT2D eigenvalue weighted by molar-refractivity contribution is 5.95. The van der Waals surface area contributed by atoms with Crippen LogP contribution >= 0.6 is 0 Å². The number of nitrogens with one attached hydrogen (secondary N) is 3. The first-order valence-electron chi connectivity index (χ1n) is 11.6. The minimum Gasteiger partial charge on any atom is -0.335 e. The van der Waals surface area contributed by atoms with Gasteiger partial charge in [-0.3, -0.25) is 19.9 Å². The molecule has 0 aliphatic rings. The topological polar surface area (TPSA) is 138 Å². The van der Waals surface area contributed by atoms with Crippen LogP contribution in [0.2, 0.25) is 0 Å². The Balaban J connectivity index is 1.40. The zero-order valence-corrected chi connectivity index (χ0v) is 19.4. The van der Waals surface area contributed by atoms with E-state index in [1.165, 1.54) is 0 Å². The Bertz CT molecular complexity index is 1710. The number of amides is 1. The molecule has 0 atom stereocenters. The fraction of sp³-hybridized carbons (Fsp3) is 0.115. The van der Waals surface area contributed by atoms with Gasteiger partial charge in [-0.05, 0) is 36.8 Å². The lowest BCUT2D eigenvalue weighted by Gasteiger charge is -2.06. The fourth-order valence-corrected chi connectivity index (χ4v) is 4.11. The van der Waals surface area contributed by atoms with Crippen molar-refractivity contribution >= 4 is 33.8 Å². The largest absolute Gasteiger partial charge is 0.335 e. The van der Waals surface area contributed by atoms with E-state index in [0.29, 0.717) is 40.5 Å². The SMILES string of the molecule is CCCC(=O)Nc1cncc(-c2ccc3[nH]nc(-c4nc5nccc(-c6cccnc6)c5[nH]4)c3n2)c1. The summed E-state index contributed by atoms with van der Waals surface area (Å²) in [5.74, 6) is 0.518. The minimum absolute atomic E-state index is 0.0406. The molecule has 3 N–H and O–H groups in total. The van der Waals surface area contributed by atoms with Crippen LogP contribution in [0.3, 0.4) is 0 Å². The number of carbonyl (C=O) groups excluding carboxylic acids is 1. The molecule has 6 rings (SSSR count). The first-order chi connectivity index (χ1) is 17.7. The molecule has 6 heterocycles. The van der Waals surface area contributed by atoms with Crippen molar-refractivity contribution in [3.8, 4) is 33.9 Å². The number of aromatic amines is 2. The van der Waals surface area contributed by atoms with Crippen molar-refractivity contribution in [2.75, 3.05) is 5.32 Å². The number of anilines is 1. The second-order valence-corrected chi connectivity index (χ2v) is 8.31. The summed E-state index contributed by atoms with van der Waals surface area (Å²) in [6.45, 7) is 1.97. The van der Waals surface area contributed by atoms with E-state index in [1.54, 1.807) is 31.0 Å². The van der Waals surface area contributed by atoms with Crippen LogP contribution in [0, 0.1) is 0 Å². The zero-order valence-electron chi connectivity index (χ0n) is 19.4. The van der Waals surface area contributed by atoms with Crippen molar-refractivity contribution in [3.05, 3.63) is 67.4 Å². The van der Waals surface area contributed by atoms with Gasteiger partial charge in [0.2, 0.25) is 5.91 Å². The predicted octanol–water partition coefficient (Wildman–Crippen LogP) is 4.76. The quantitative estimate of drug-likeness (QED) is 0.316. The van der Waals surface area contributed by atoms with E-state index in [1.807, 2.05) is 43.3 Å². The van der Waals surface area contributed by atoms with Crippen LogP contribution in [-0.2, 0) is 4.79 Å². The summed E-state index contributed by atoms with van der Waals surface area (Å²) in [5, 5.41) is 10.4. The number of rotatable bonds is 6. The van der Waals surface area contributed by atoms with Crippen LogP contribution in [-0.4, -0.2) is 46.0 Å². The van der Waals surface area contributed by atoms with Crippen molar-refractivity contribution in [2.45, 2.75) is 19.8 Å². The first-order valence-corrected chi connectivity index (χ1v) is 11.6. The average molecular weight is 476 g/mol. The lowest BCUT2D eigenvalue weighted by atomic mass is 10.1.